The first-order valence-corrected chi connectivity index (χ1v) is 8.34. The fraction of sp³-hybridized carbons (Fsp3) is 0.500. The summed E-state index contributed by atoms with van der Waals surface area (Å²) in [7, 11) is 0. The average Bonchev–Trinajstić information content (AvgIpc) is 2.89. The maximum absolute atomic E-state index is 11.8. The molecule has 1 amide bonds. The van der Waals surface area contributed by atoms with Gasteiger partial charge in [0, 0.05) is 19.0 Å². The standard InChI is InChI=1S/C14H17ClN4O2S/c1-8(2)13(20)17-10-7-9-11(22-10)12(18-14(15)16-9)19-3-5-21-6-4-19/h7-8H,3-6H2,1-2H3,(H,17,20). The van der Waals surface area contributed by atoms with Crippen molar-refractivity contribution >= 4 is 49.9 Å². The van der Waals surface area contributed by atoms with E-state index in [1.807, 2.05) is 19.9 Å². The van der Waals surface area contributed by atoms with Gasteiger partial charge in [-0.1, -0.05) is 13.8 Å². The van der Waals surface area contributed by atoms with Crippen LogP contribution in [0.2, 0.25) is 5.28 Å². The molecule has 0 spiro atoms. The number of anilines is 2. The number of carbonyl (C=O) groups is 1. The van der Waals surface area contributed by atoms with Crippen LogP contribution in [0, 0.1) is 5.92 Å². The molecule has 3 rings (SSSR count). The highest BCUT2D eigenvalue weighted by Crippen LogP contribution is 2.36. The maximum Gasteiger partial charge on any atom is 0.227 e. The quantitative estimate of drug-likeness (QED) is 0.870. The molecule has 0 atom stereocenters. The first kappa shape index (κ1) is 15.5. The van der Waals surface area contributed by atoms with Gasteiger partial charge in [-0.3, -0.25) is 4.79 Å². The van der Waals surface area contributed by atoms with Crippen molar-refractivity contribution in [2.45, 2.75) is 13.8 Å². The first-order valence-electron chi connectivity index (χ1n) is 7.15. The van der Waals surface area contributed by atoms with Crippen LogP contribution in [-0.4, -0.2) is 42.2 Å². The molecular weight excluding hydrogens is 324 g/mol. The average molecular weight is 341 g/mol. The number of hydrogen-bond acceptors (Lipinski definition) is 6. The zero-order valence-electron chi connectivity index (χ0n) is 12.4. The van der Waals surface area contributed by atoms with Crippen LogP contribution in [0.4, 0.5) is 10.8 Å². The third-order valence-corrected chi connectivity index (χ3v) is 4.61. The highest BCUT2D eigenvalue weighted by atomic mass is 35.5. The molecule has 0 saturated carbocycles. The third kappa shape index (κ3) is 3.16. The second-order valence-corrected chi connectivity index (χ2v) is 6.77. The molecule has 0 bridgehead atoms. The molecule has 0 unspecified atom stereocenters. The number of nitrogens with zero attached hydrogens (tertiary/aromatic N) is 3. The summed E-state index contributed by atoms with van der Waals surface area (Å²) in [6.45, 7) is 6.61. The Kier molecular flexibility index (Phi) is 4.46. The lowest BCUT2D eigenvalue weighted by Crippen LogP contribution is -2.36. The minimum absolute atomic E-state index is 0.0152. The van der Waals surface area contributed by atoms with Crippen molar-refractivity contribution in [1.29, 1.82) is 0 Å². The molecule has 118 valence electrons. The first-order chi connectivity index (χ1) is 10.5. The molecular formula is C14H17ClN4O2S. The van der Waals surface area contributed by atoms with Crippen molar-refractivity contribution in [2.24, 2.45) is 5.92 Å². The van der Waals surface area contributed by atoms with Crippen LogP contribution in [-0.2, 0) is 9.53 Å². The summed E-state index contributed by atoms with van der Waals surface area (Å²) in [6, 6.07) is 1.85. The van der Waals surface area contributed by atoms with Crippen molar-refractivity contribution in [3.8, 4) is 0 Å². The number of rotatable bonds is 3. The number of amides is 1. The van der Waals surface area contributed by atoms with Gasteiger partial charge in [-0.05, 0) is 17.7 Å². The molecule has 1 N–H and O–H groups in total. The molecule has 1 saturated heterocycles. The Bertz CT molecular complexity index is 697. The zero-order valence-corrected chi connectivity index (χ0v) is 14.0. The van der Waals surface area contributed by atoms with Crippen molar-refractivity contribution < 1.29 is 9.53 Å². The van der Waals surface area contributed by atoms with Gasteiger partial charge < -0.3 is 15.0 Å². The summed E-state index contributed by atoms with van der Waals surface area (Å²) in [5, 5.41) is 3.89. The molecule has 1 fully saturated rings. The Labute approximate surface area is 137 Å². The molecule has 0 radical (unpaired) electrons. The van der Waals surface area contributed by atoms with Gasteiger partial charge in [-0.15, -0.1) is 11.3 Å². The van der Waals surface area contributed by atoms with E-state index in [0.717, 1.165) is 34.1 Å². The van der Waals surface area contributed by atoms with E-state index in [4.69, 9.17) is 16.3 Å². The van der Waals surface area contributed by atoms with Gasteiger partial charge in [0.05, 0.1) is 28.4 Å². The molecule has 1 aliphatic heterocycles. The number of halogens is 1. The molecule has 2 aromatic heterocycles. The van der Waals surface area contributed by atoms with Crippen molar-refractivity contribution in [1.82, 2.24) is 9.97 Å². The Balaban J connectivity index is 1.97. The zero-order chi connectivity index (χ0) is 15.7. The fourth-order valence-electron chi connectivity index (χ4n) is 2.20. The van der Waals surface area contributed by atoms with Gasteiger partial charge >= 0.3 is 0 Å². The smallest absolute Gasteiger partial charge is 0.227 e. The van der Waals surface area contributed by atoms with E-state index < -0.39 is 0 Å². The summed E-state index contributed by atoms with van der Waals surface area (Å²) in [4.78, 5) is 22.6. The fourth-order valence-corrected chi connectivity index (χ4v) is 3.39. The summed E-state index contributed by atoms with van der Waals surface area (Å²) in [5.74, 6) is 0.727. The summed E-state index contributed by atoms with van der Waals surface area (Å²) in [5.41, 5.74) is 0.755. The Morgan fingerprint density at radius 1 is 1.41 bits per heavy atom. The molecule has 8 heteroatoms. The molecule has 0 aliphatic carbocycles. The van der Waals surface area contributed by atoms with Crippen molar-refractivity contribution in [3.05, 3.63) is 11.3 Å². The van der Waals surface area contributed by atoms with E-state index in [9.17, 15) is 4.79 Å². The third-order valence-electron chi connectivity index (χ3n) is 3.41. The lowest BCUT2D eigenvalue weighted by molar-refractivity contribution is -0.118. The topological polar surface area (TPSA) is 67.4 Å². The Hall–Kier alpha value is -1.44. The van der Waals surface area contributed by atoms with Crippen LogP contribution in [0.25, 0.3) is 10.2 Å². The number of ether oxygens (including phenoxy) is 1. The van der Waals surface area contributed by atoms with E-state index in [-0.39, 0.29) is 17.1 Å². The minimum Gasteiger partial charge on any atom is -0.378 e. The van der Waals surface area contributed by atoms with Gasteiger partial charge in [0.15, 0.2) is 5.82 Å². The van der Waals surface area contributed by atoms with E-state index in [2.05, 4.69) is 20.2 Å². The highest BCUT2D eigenvalue weighted by Gasteiger charge is 2.20. The van der Waals surface area contributed by atoms with Crippen molar-refractivity contribution in [3.63, 3.8) is 0 Å². The number of aromatic nitrogens is 2. The van der Waals surface area contributed by atoms with Crippen LogP contribution < -0.4 is 10.2 Å². The van der Waals surface area contributed by atoms with Gasteiger partial charge in [-0.2, -0.15) is 4.98 Å². The van der Waals surface area contributed by atoms with Crippen molar-refractivity contribution in [2.75, 3.05) is 36.5 Å². The second-order valence-electron chi connectivity index (χ2n) is 5.38. The maximum atomic E-state index is 11.8. The van der Waals surface area contributed by atoms with Gasteiger partial charge in [0.1, 0.15) is 0 Å². The predicted molar refractivity (Wildman–Crippen MR) is 88.9 cm³/mol. The van der Waals surface area contributed by atoms with Crippen LogP contribution in [0.3, 0.4) is 0 Å². The second kappa shape index (κ2) is 6.36. The number of fused-ring (bicyclic) bond motifs is 1. The number of carbonyl (C=O) groups excluding carboxylic acids is 1. The minimum atomic E-state index is -0.0707. The lowest BCUT2D eigenvalue weighted by Gasteiger charge is -2.28. The molecule has 0 aromatic carbocycles. The number of nitrogens with one attached hydrogen (secondary N) is 1. The Morgan fingerprint density at radius 3 is 2.82 bits per heavy atom. The molecule has 1 aliphatic rings. The monoisotopic (exact) mass is 340 g/mol. The highest BCUT2D eigenvalue weighted by molar-refractivity contribution is 7.23. The van der Waals surface area contributed by atoms with E-state index in [0.29, 0.717) is 13.2 Å². The molecule has 6 nitrogen and oxygen atoms in total. The van der Waals surface area contributed by atoms with Gasteiger partial charge in [0.25, 0.3) is 0 Å². The summed E-state index contributed by atoms with van der Waals surface area (Å²) in [6.07, 6.45) is 0. The van der Waals surface area contributed by atoms with E-state index in [1.54, 1.807) is 0 Å². The molecule has 22 heavy (non-hydrogen) atoms. The lowest BCUT2D eigenvalue weighted by atomic mass is 10.2. The predicted octanol–water partition coefficient (Wildman–Crippen LogP) is 2.78. The molecule has 3 heterocycles. The SMILES string of the molecule is CC(C)C(=O)Nc1cc2nc(Cl)nc(N3CCOCC3)c2s1. The largest absolute Gasteiger partial charge is 0.378 e. The number of morpholine rings is 1. The molecule has 2 aromatic rings. The van der Waals surface area contributed by atoms with E-state index >= 15 is 0 Å². The summed E-state index contributed by atoms with van der Waals surface area (Å²) >= 11 is 7.52. The van der Waals surface area contributed by atoms with Gasteiger partial charge in [-0.25, -0.2) is 4.98 Å². The summed E-state index contributed by atoms with van der Waals surface area (Å²) < 4.78 is 6.31. The Morgan fingerprint density at radius 2 is 2.14 bits per heavy atom. The normalized spacial score (nSPS) is 15.5. The van der Waals surface area contributed by atoms with E-state index in [1.165, 1.54) is 11.3 Å². The number of thiophene rings is 1. The van der Waals surface area contributed by atoms with Crippen LogP contribution >= 0.6 is 22.9 Å². The van der Waals surface area contributed by atoms with Crippen LogP contribution in [0.15, 0.2) is 6.07 Å². The van der Waals surface area contributed by atoms with Gasteiger partial charge in [0.2, 0.25) is 11.2 Å². The van der Waals surface area contributed by atoms with Crippen LogP contribution in [0.5, 0.6) is 0 Å². The number of hydrogen-bond donors (Lipinski definition) is 1. The van der Waals surface area contributed by atoms with Crippen LogP contribution in [0.1, 0.15) is 13.8 Å².